The van der Waals surface area contributed by atoms with Crippen molar-refractivity contribution in [1.82, 2.24) is 0 Å². The van der Waals surface area contributed by atoms with Crippen LogP contribution in [0.5, 0.6) is 0 Å². The molecule has 0 unspecified atom stereocenters. The van der Waals surface area contributed by atoms with Gasteiger partial charge in [-0.3, -0.25) is 0 Å². The first-order chi connectivity index (χ1) is 8.72. The van der Waals surface area contributed by atoms with E-state index in [4.69, 9.17) is 4.74 Å². The second kappa shape index (κ2) is 9.12. The Balaban J connectivity index is 2.01. The fraction of sp³-hybridized carbons (Fsp3) is 0.733. The third-order valence-electron chi connectivity index (χ3n) is 3.65. The molecule has 0 saturated heterocycles. The molecule has 0 aliphatic heterocycles. The summed E-state index contributed by atoms with van der Waals surface area (Å²) in [6.07, 6.45) is 11.1. The number of rotatable bonds is 7. The van der Waals surface area contributed by atoms with Gasteiger partial charge in [-0.15, -0.1) is 0 Å². The summed E-state index contributed by atoms with van der Waals surface area (Å²) in [7, 11) is 1.70. The molecule has 18 heavy (non-hydrogen) atoms. The summed E-state index contributed by atoms with van der Waals surface area (Å²) in [5.74, 6) is 0.826. The van der Waals surface area contributed by atoms with Crippen LogP contribution < -0.4 is 0 Å². The molecule has 0 aromatic heterocycles. The van der Waals surface area contributed by atoms with Gasteiger partial charge < -0.3 is 4.74 Å². The maximum absolute atomic E-state index is 11.8. The summed E-state index contributed by atoms with van der Waals surface area (Å²) >= 11 is 0. The normalized spacial score (nSPS) is 19.5. The highest BCUT2D eigenvalue weighted by Crippen LogP contribution is 2.31. The maximum atomic E-state index is 11.8. The molecular weight excluding hydrogens is 234 g/mol. The van der Waals surface area contributed by atoms with Gasteiger partial charge in [-0.2, -0.15) is 8.78 Å². The molecule has 0 bridgehead atoms. The first kappa shape index (κ1) is 15.2. The van der Waals surface area contributed by atoms with Gasteiger partial charge in [-0.25, -0.2) is 0 Å². The Hall–Kier alpha value is -0.860. The van der Waals surface area contributed by atoms with Crippen LogP contribution in [0.2, 0.25) is 0 Å². The molecule has 3 heteroatoms. The summed E-state index contributed by atoms with van der Waals surface area (Å²) in [5, 5.41) is 0. The monoisotopic (exact) mass is 258 g/mol. The van der Waals surface area contributed by atoms with Gasteiger partial charge in [-0.05, 0) is 56.1 Å². The van der Waals surface area contributed by atoms with Crippen molar-refractivity contribution in [3.8, 4) is 0 Å². The summed E-state index contributed by atoms with van der Waals surface area (Å²) < 4.78 is 28.6. The number of ether oxygens (including phenoxy) is 1. The lowest BCUT2D eigenvalue weighted by molar-refractivity contribution is 0.315. The molecule has 1 rings (SSSR count). The zero-order chi connectivity index (χ0) is 13.2. The van der Waals surface area contributed by atoms with Gasteiger partial charge in [0.1, 0.15) is 0 Å². The first-order valence-electron chi connectivity index (χ1n) is 6.94. The molecule has 1 fully saturated rings. The molecular formula is C15H24F2O. The highest BCUT2D eigenvalue weighted by atomic mass is 19.3. The van der Waals surface area contributed by atoms with Gasteiger partial charge in [0.25, 0.3) is 6.08 Å². The van der Waals surface area contributed by atoms with Crippen molar-refractivity contribution in [1.29, 1.82) is 0 Å². The summed E-state index contributed by atoms with van der Waals surface area (Å²) in [6.45, 7) is 0. The molecule has 0 radical (unpaired) electrons. The fourth-order valence-corrected chi connectivity index (χ4v) is 2.59. The van der Waals surface area contributed by atoms with Crippen LogP contribution >= 0.6 is 0 Å². The number of allylic oxidation sites excluding steroid dienone is 2. The van der Waals surface area contributed by atoms with Gasteiger partial charge in [0.15, 0.2) is 0 Å². The van der Waals surface area contributed by atoms with E-state index < -0.39 is 6.08 Å². The SMILES string of the molecule is COC=C1CCC(CCCCCC=C(F)F)CC1. The Kier molecular flexibility index (Phi) is 7.70. The molecule has 0 heterocycles. The predicted octanol–water partition coefficient (Wildman–Crippen LogP) is 5.44. The van der Waals surface area contributed by atoms with E-state index in [1.165, 1.54) is 31.3 Å². The van der Waals surface area contributed by atoms with Crippen molar-refractivity contribution in [2.75, 3.05) is 7.11 Å². The van der Waals surface area contributed by atoms with Gasteiger partial charge in [0.2, 0.25) is 0 Å². The zero-order valence-electron chi connectivity index (χ0n) is 11.3. The maximum Gasteiger partial charge on any atom is 0.266 e. The van der Waals surface area contributed by atoms with E-state index in [-0.39, 0.29) is 0 Å². The van der Waals surface area contributed by atoms with E-state index in [0.717, 1.165) is 37.7 Å². The quantitative estimate of drug-likeness (QED) is 0.436. The van der Waals surface area contributed by atoms with Gasteiger partial charge in [-0.1, -0.05) is 19.3 Å². The lowest BCUT2D eigenvalue weighted by Crippen LogP contribution is -2.08. The van der Waals surface area contributed by atoms with Crippen LogP contribution in [-0.2, 0) is 4.74 Å². The van der Waals surface area contributed by atoms with Crippen molar-refractivity contribution < 1.29 is 13.5 Å². The zero-order valence-corrected chi connectivity index (χ0v) is 11.3. The van der Waals surface area contributed by atoms with Gasteiger partial charge >= 0.3 is 0 Å². The highest BCUT2D eigenvalue weighted by Gasteiger charge is 2.16. The van der Waals surface area contributed by atoms with E-state index in [0.29, 0.717) is 6.42 Å². The summed E-state index contributed by atoms with van der Waals surface area (Å²) in [5.41, 5.74) is 1.43. The van der Waals surface area contributed by atoms with Crippen LogP contribution in [0, 0.1) is 5.92 Å². The molecule has 0 N–H and O–H groups in total. The van der Waals surface area contributed by atoms with Crippen LogP contribution in [0.25, 0.3) is 0 Å². The Labute approximate surface area is 109 Å². The minimum absolute atomic E-state index is 0.522. The lowest BCUT2D eigenvalue weighted by Gasteiger charge is -2.23. The Morgan fingerprint density at radius 2 is 1.94 bits per heavy atom. The topological polar surface area (TPSA) is 9.23 Å². The van der Waals surface area contributed by atoms with E-state index >= 15 is 0 Å². The van der Waals surface area contributed by atoms with Gasteiger partial charge in [0.05, 0.1) is 13.4 Å². The van der Waals surface area contributed by atoms with E-state index in [2.05, 4.69) is 0 Å². The molecule has 104 valence electrons. The summed E-state index contributed by atoms with van der Waals surface area (Å²) in [6, 6.07) is 0. The largest absolute Gasteiger partial charge is 0.504 e. The Morgan fingerprint density at radius 3 is 2.56 bits per heavy atom. The second-order valence-electron chi connectivity index (χ2n) is 5.09. The van der Waals surface area contributed by atoms with Crippen molar-refractivity contribution in [3.63, 3.8) is 0 Å². The fourth-order valence-electron chi connectivity index (χ4n) is 2.59. The van der Waals surface area contributed by atoms with E-state index in [1.54, 1.807) is 7.11 Å². The number of hydrogen-bond donors (Lipinski definition) is 0. The lowest BCUT2D eigenvalue weighted by atomic mass is 9.83. The standard InChI is InChI=1S/C15H24F2O/c1-18-12-14-10-8-13(9-11-14)6-4-2-3-5-7-15(16)17/h7,12-13H,2-6,8-11H2,1H3. The molecule has 0 spiro atoms. The van der Waals surface area contributed by atoms with Crippen molar-refractivity contribution >= 4 is 0 Å². The van der Waals surface area contributed by atoms with Crippen LogP contribution in [0.1, 0.15) is 57.8 Å². The Morgan fingerprint density at radius 1 is 1.22 bits per heavy atom. The molecule has 0 atom stereocenters. The first-order valence-corrected chi connectivity index (χ1v) is 6.94. The smallest absolute Gasteiger partial charge is 0.266 e. The molecule has 0 aromatic carbocycles. The number of unbranched alkanes of at least 4 members (excludes halogenated alkanes) is 3. The molecule has 1 saturated carbocycles. The number of halogens is 2. The number of hydrogen-bond acceptors (Lipinski definition) is 1. The average molecular weight is 258 g/mol. The van der Waals surface area contributed by atoms with Crippen LogP contribution in [-0.4, -0.2) is 7.11 Å². The van der Waals surface area contributed by atoms with Crippen molar-refractivity contribution in [2.45, 2.75) is 57.8 Å². The van der Waals surface area contributed by atoms with E-state index in [1.807, 2.05) is 6.26 Å². The van der Waals surface area contributed by atoms with Crippen LogP contribution in [0.3, 0.4) is 0 Å². The molecule has 1 aliphatic carbocycles. The minimum atomic E-state index is -1.54. The molecule has 1 aliphatic rings. The van der Waals surface area contributed by atoms with E-state index in [9.17, 15) is 8.78 Å². The third-order valence-corrected chi connectivity index (χ3v) is 3.65. The minimum Gasteiger partial charge on any atom is -0.504 e. The van der Waals surface area contributed by atoms with Crippen molar-refractivity contribution in [3.05, 3.63) is 24.0 Å². The van der Waals surface area contributed by atoms with Crippen LogP contribution in [0.15, 0.2) is 24.0 Å². The molecule has 1 nitrogen and oxygen atoms in total. The third kappa shape index (κ3) is 6.77. The number of methoxy groups -OCH3 is 1. The van der Waals surface area contributed by atoms with Crippen LogP contribution in [0.4, 0.5) is 8.78 Å². The average Bonchev–Trinajstić information content (AvgIpc) is 2.35. The second-order valence-corrected chi connectivity index (χ2v) is 5.09. The summed E-state index contributed by atoms with van der Waals surface area (Å²) in [4.78, 5) is 0. The van der Waals surface area contributed by atoms with Gasteiger partial charge in [0, 0.05) is 0 Å². The highest BCUT2D eigenvalue weighted by molar-refractivity contribution is 5.01. The molecule has 0 amide bonds. The Bertz CT molecular complexity index is 270. The predicted molar refractivity (Wildman–Crippen MR) is 70.4 cm³/mol. The van der Waals surface area contributed by atoms with Crippen molar-refractivity contribution in [2.24, 2.45) is 5.92 Å². The molecule has 0 aromatic rings.